The molecule has 0 saturated carbocycles. The average molecular weight is 528 g/mol. The van der Waals surface area contributed by atoms with E-state index in [9.17, 15) is 13.2 Å². The fourth-order valence-corrected chi connectivity index (χ4v) is 5.23. The van der Waals surface area contributed by atoms with Crippen molar-refractivity contribution >= 4 is 43.2 Å². The third kappa shape index (κ3) is 5.92. The summed E-state index contributed by atoms with van der Waals surface area (Å²) in [5.41, 5.74) is 2.66. The van der Waals surface area contributed by atoms with Crippen LogP contribution in [-0.2, 0) is 21.2 Å². The summed E-state index contributed by atoms with van der Waals surface area (Å²) in [5.74, 6) is -0.00631. The zero-order valence-electron chi connectivity index (χ0n) is 18.1. The first kappa shape index (κ1) is 24.3. The number of nitrogens with zero attached hydrogens (tertiary/aromatic N) is 2. The van der Waals surface area contributed by atoms with Crippen molar-refractivity contribution in [1.82, 2.24) is 0 Å². The first-order valence-corrected chi connectivity index (χ1v) is 12.2. The highest BCUT2D eigenvalue weighted by Gasteiger charge is 2.28. The normalized spacial score (nSPS) is 10.8. The van der Waals surface area contributed by atoms with E-state index in [1.54, 1.807) is 54.6 Å². The molecule has 7 nitrogen and oxygen atoms in total. The van der Waals surface area contributed by atoms with Crippen LogP contribution in [0.2, 0.25) is 0 Å². The zero-order chi connectivity index (χ0) is 24.0. The predicted octanol–water partition coefficient (Wildman–Crippen LogP) is 4.67. The molecule has 9 heteroatoms. The third-order valence-electron chi connectivity index (χ3n) is 4.84. The maximum atomic E-state index is 13.5. The predicted molar refractivity (Wildman–Crippen MR) is 131 cm³/mol. The number of benzene rings is 3. The number of nitriles is 1. The summed E-state index contributed by atoms with van der Waals surface area (Å²) in [4.78, 5) is 12.8. The van der Waals surface area contributed by atoms with Crippen molar-refractivity contribution in [3.05, 3.63) is 82.3 Å². The topological polar surface area (TPSA) is 99.5 Å². The molecule has 0 aliphatic heterocycles. The molecule has 0 unspecified atom stereocenters. The fraction of sp³-hybridized carbons (Fsp3) is 0.167. The highest BCUT2D eigenvalue weighted by Crippen LogP contribution is 2.31. The van der Waals surface area contributed by atoms with Gasteiger partial charge in [-0.05, 0) is 70.9 Å². The average Bonchev–Trinajstić information content (AvgIpc) is 2.79. The van der Waals surface area contributed by atoms with Crippen LogP contribution in [0, 0.1) is 18.3 Å². The van der Waals surface area contributed by atoms with E-state index in [0.717, 1.165) is 15.4 Å². The van der Waals surface area contributed by atoms with Crippen LogP contribution in [0.3, 0.4) is 0 Å². The monoisotopic (exact) mass is 527 g/mol. The van der Waals surface area contributed by atoms with Crippen LogP contribution in [0.5, 0.6) is 5.75 Å². The number of amides is 1. The molecule has 0 bridgehead atoms. The van der Waals surface area contributed by atoms with Gasteiger partial charge in [0, 0.05) is 5.69 Å². The number of methoxy groups -OCH3 is 1. The Morgan fingerprint density at radius 1 is 1.09 bits per heavy atom. The van der Waals surface area contributed by atoms with E-state index >= 15 is 0 Å². The standard InChI is InChI=1S/C24H22BrN3O4S/c1-17-3-9-20(10-4-17)28(33(30,31)21-11-12-23(32-2)22(25)15-21)16-24(29)27-19-7-5-18(6-8-19)13-14-26/h3-12,15H,13,16H2,1-2H3,(H,27,29). The van der Waals surface area contributed by atoms with Crippen LogP contribution in [0.1, 0.15) is 11.1 Å². The van der Waals surface area contributed by atoms with Crippen LogP contribution in [0.4, 0.5) is 11.4 Å². The number of aryl methyl sites for hydroxylation is 1. The number of rotatable bonds is 8. The molecule has 3 aromatic carbocycles. The van der Waals surface area contributed by atoms with E-state index in [1.807, 2.05) is 6.92 Å². The Bertz CT molecular complexity index is 1280. The molecular weight excluding hydrogens is 506 g/mol. The lowest BCUT2D eigenvalue weighted by molar-refractivity contribution is -0.114. The van der Waals surface area contributed by atoms with Crippen molar-refractivity contribution in [2.45, 2.75) is 18.2 Å². The molecule has 1 N–H and O–H groups in total. The van der Waals surface area contributed by atoms with Gasteiger partial charge in [-0.15, -0.1) is 0 Å². The van der Waals surface area contributed by atoms with Gasteiger partial charge in [-0.1, -0.05) is 29.8 Å². The molecule has 0 heterocycles. The molecule has 0 aliphatic carbocycles. The smallest absolute Gasteiger partial charge is 0.264 e. The highest BCUT2D eigenvalue weighted by molar-refractivity contribution is 9.10. The van der Waals surface area contributed by atoms with E-state index < -0.39 is 22.5 Å². The van der Waals surface area contributed by atoms with Gasteiger partial charge < -0.3 is 10.1 Å². The summed E-state index contributed by atoms with van der Waals surface area (Å²) in [5, 5.41) is 11.5. The van der Waals surface area contributed by atoms with Crippen LogP contribution in [0.25, 0.3) is 0 Å². The van der Waals surface area contributed by atoms with Crippen LogP contribution >= 0.6 is 15.9 Å². The first-order chi connectivity index (χ1) is 15.7. The van der Waals surface area contributed by atoms with Gasteiger partial charge in [0.2, 0.25) is 5.91 Å². The molecule has 170 valence electrons. The van der Waals surface area contributed by atoms with Crippen molar-refractivity contribution in [1.29, 1.82) is 5.26 Å². The summed E-state index contributed by atoms with van der Waals surface area (Å²) in [6.07, 6.45) is 0.269. The van der Waals surface area contributed by atoms with Crippen molar-refractivity contribution in [3.8, 4) is 11.8 Å². The quantitative estimate of drug-likeness (QED) is 0.458. The maximum Gasteiger partial charge on any atom is 0.264 e. The minimum absolute atomic E-state index is 0.0180. The molecule has 0 aromatic heterocycles. The van der Waals surface area contributed by atoms with Crippen LogP contribution < -0.4 is 14.4 Å². The summed E-state index contributed by atoms with van der Waals surface area (Å²) in [6.45, 7) is 1.47. The zero-order valence-corrected chi connectivity index (χ0v) is 20.5. The lowest BCUT2D eigenvalue weighted by Gasteiger charge is -2.24. The van der Waals surface area contributed by atoms with Gasteiger partial charge in [0.25, 0.3) is 10.0 Å². The molecule has 0 radical (unpaired) electrons. The SMILES string of the molecule is COc1ccc(S(=O)(=O)N(CC(=O)Nc2ccc(CC#N)cc2)c2ccc(C)cc2)cc1Br. The number of nitrogens with one attached hydrogen (secondary N) is 1. The lowest BCUT2D eigenvalue weighted by Crippen LogP contribution is -2.38. The van der Waals surface area contributed by atoms with Gasteiger partial charge in [-0.2, -0.15) is 5.26 Å². The maximum absolute atomic E-state index is 13.5. The molecular formula is C24H22BrN3O4S. The number of sulfonamides is 1. The molecule has 0 aliphatic rings. The molecule has 33 heavy (non-hydrogen) atoms. The summed E-state index contributed by atoms with van der Waals surface area (Å²) < 4.78 is 33.8. The molecule has 1 amide bonds. The number of carbonyl (C=O) groups excluding carboxylic acids is 1. The fourth-order valence-electron chi connectivity index (χ4n) is 3.09. The Morgan fingerprint density at radius 2 is 1.76 bits per heavy atom. The number of carbonyl (C=O) groups is 1. The van der Waals surface area contributed by atoms with Gasteiger partial charge in [0.15, 0.2) is 0 Å². The summed E-state index contributed by atoms with van der Waals surface area (Å²) >= 11 is 3.32. The third-order valence-corrected chi connectivity index (χ3v) is 7.23. The number of ether oxygens (including phenoxy) is 1. The van der Waals surface area contributed by atoms with Gasteiger partial charge >= 0.3 is 0 Å². The van der Waals surface area contributed by atoms with Crippen molar-refractivity contribution < 1.29 is 17.9 Å². The minimum Gasteiger partial charge on any atom is -0.496 e. The molecule has 3 rings (SSSR count). The molecule has 0 saturated heterocycles. The number of hydrogen-bond donors (Lipinski definition) is 1. The van der Waals surface area contributed by atoms with E-state index in [4.69, 9.17) is 10.00 Å². The molecule has 3 aromatic rings. The van der Waals surface area contributed by atoms with E-state index in [0.29, 0.717) is 21.6 Å². The summed E-state index contributed by atoms with van der Waals surface area (Å²) in [6, 6.07) is 20.2. The highest BCUT2D eigenvalue weighted by atomic mass is 79.9. The second-order valence-electron chi connectivity index (χ2n) is 7.22. The van der Waals surface area contributed by atoms with E-state index in [-0.39, 0.29) is 11.3 Å². The van der Waals surface area contributed by atoms with Gasteiger partial charge in [-0.3, -0.25) is 9.10 Å². The van der Waals surface area contributed by atoms with E-state index in [2.05, 4.69) is 27.3 Å². The first-order valence-electron chi connectivity index (χ1n) is 9.93. The molecule has 0 fully saturated rings. The Labute approximate surface area is 201 Å². The Hall–Kier alpha value is -3.35. The van der Waals surface area contributed by atoms with Crippen molar-refractivity contribution in [3.63, 3.8) is 0 Å². The Morgan fingerprint density at radius 3 is 2.33 bits per heavy atom. The second-order valence-corrected chi connectivity index (χ2v) is 9.94. The Kier molecular flexibility index (Phi) is 7.74. The summed E-state index contributed by atoms with van der Waals surface area (Å²) in [7, 11) is -2.57. The largest absolute Gasteiger partial charge is 0.496 e. The van der Waals surface area contributed by atoms with E-state index in [1.165, 1.54) is 19.2 Å². The van der Waals surface area contributed by atoms with Gasteiger partial charge in [0.05, 0.1) is 34.7 Å². The second kappa shape index (κ2) is 10.5. The van der Waals surface area contributed by atoms with Crippen LogP contribution in [-0.4, -0.2) is 28.0 Å². The number of anilines is 2. The lowest BCUT2D eigenvalue weighted by atomic mass is 10.1. The van der Waals surface area contributed by atoms with Gasteiger partial charge in [-0.25, -0.2) is 8.42 Å². The minimum atomic E-state index is -4.06. The van der Waals surface area contributed by atoms with Crippen molar-refractivity contribution in [2.75, 3.05) is 23.3 Å². The molecule has 0 atom stereocenters. The Balaban J connectivity index is 1.91. The van der Waals surface area contributed by atoms with Crippen LogP contribution in [0.15, 0.2) is 76.1 Å². The molecule has 0 spiro atoms. The van der Waals surface area contributed by atoms with Crippen molar-refractivity contribution in [2.24, 2.45) is 0 Å². The van der Waals surface area contributed by atoms with Gasteiger partial charge in [0.1, 0.15) is 12.3 Å². The number of halogens is 1. The number of hydrogen-bond acceptors (Lipinski definition) is 5.